The van der Waals surface area contributed by atoms with Crippen molar-refractivity contribution in [2.45, 2.75) is 33.1 Å². The van der Waals surface area contributed by atoms with Gasteiger partial charge in [0.2, 0.25) is 5.91 Å². The lowest BCUT2D eigenvalue weighted by molar-refractivity contribution is -0.115. The molecular weight excluding hydrogens is 350 g/mol. The molecule has 0 atom stereocenters. The van der Waals surface area contributed by atoms with Crippen LogP contribution < -0.4 is 10.2 Å². The zero-order valence-electron chi connectivity index (χ0n) is 16.8. The van der Waals surface area contributed by atoms with E-state index < -0.39 is 0 Å². The van der Waals surface area contributed by atoms with Gasteiger partial charge in [0, 0.05) is 37.6 Å². The highest BCUT2D eigenvalue weighted by Crippen LogP contribution is 2.28. The van der Waals surface area contributed by atoms with Crippen molar-refractivity contribution < 1.29 is 9.59 Å². The fourth-order valence-electron chi connectivity index (χ4n) is 3.69. The molecule has 1 heterocycles. The molecule has 2 aromatic rings. The summed E-state index contributed by atoms with van der Waals surface area (Å²) >= 11 is 0. The molecule has 28 heavy (non-hydrogen) atoms. The van der Waals surface area contributed by atoms with Crippen LogP contribution in [0.5, 0.6) is 0 Å². The van der Waals surface area contributed by atoms with Crippen molar-refractivity contribution >= 4 is 23.2 Å². The Morgan fingerprint density at radius 3 is 2.32 bits per heavy atom. The highest BCUT2D eigenvalue weighted by molar-refractivity contribution is 6.02. The van der Waals surface area contributed by atoms with Crippen LogP contribution in [0.3, 0.4) is 0 Å². The fourth-order valence-corrected chi connectivity index (χ4v) is 3.69. The van der Waals surface area contributed by atoms with Gasteiger partial charge in [0.1, 0.15) is 0 Å². The van der Waals surface area contributed by atoms with E-state index in [0.717, 1.165) is 37.2 Å². The molecule has 0 unspecified atom stereocenters. The smallest absolute Gasteiger partial charge is 0.256 e. The third-order valence-electron chi connectivity index (χ3n) is 5.22. The van der Waals surface area contributed by atoms with Gasteiger partial charge in [0.25, 0.3) is 5.91 Å². The Hall–Kier alpha value is -2.82. The second-order valence-corrected chi connectivity index (χ2v) is 7.11. The van der Waals surface area contributed by atoms with Crippen molar-refractivity contribution in [3.8, 4) is 0 Å². The van der Waals surface area contributed by atoms with E-state index in [1.165, 1.54) is 0 Å². The summed E-state index contributed by atoms with van der Waals surface area (Å²) in [4.78, 5) is 29.6. The van der Waals surface area contributed by atoms with Crippen molar-refractivity contribution in [2.75, 3.05) is 36.4 Å². The Kier molecular flexibility index (Phi) is 6.69. The lowest BCUT2D eigenvalue weighted by Crippen LogP contribution is -2.32. The molecule has 5 heteroatoms. The summed E-state index contributed by atoms with van der Waals surface area (Å²) in [5.74, 6) is -0.0626. The average molecular weight is 380 g/mol. The molecule has 0 aromatic heterocycles. The summed E-state index contributed by atoms with van der Waals surface area (Å²) in [5.41, 5.74) is 3.27. The van der Waals surface area contributed by atoms with E-state index >= 15 is 0 Å². The van der Waals surface area contributed by atoms with E-state index in [0.29, 0.717) is 30.8 Å². The van der Waals surface area contributed by atoms with Gasteiger partial charge in [0.15, 0.2) is 0 Å². The lowest BCUT2D eigenvalue weighted by Gasteiger charge is -2.25. The maximum absolute atomic E-state index is 13.1. The molecule has 0 spiro atoms. The standard InChI is InChI=1S/C23H29N3O2/c1-3-25(4-2)23(28)20-17-19(12-13-21(20)26-14-8-9-15-26)24-22(27)16-18-10-6-5-7-11-18/h5-7,10-13,17H,3-4,8-9,14-16H2,1-2H3,(H,24,27). The minimum Gasteiger partial charge on any atom is -0.371 e. The molecule has 1 fully saturated rings. The van der Waals surface area contributed by atoms with Gasteiger partial charge in [-0.15, -0.1) is 0 Å². The quantitative estimate of drug-likeness (QED) is 0.792. The third kappa shape index (κ3) is 4.71. The number of carbonyl (C=O) groups is 2. The first-order chi connectivity index (χ1) is 13.6. The van der Waals surface area contributed by atoms with Crippen molar-refractivity contribution in [3.63, 3.8) is 0 Å². The van der Waals surface area contributed by atoms with Crippen LogP contribution in [0.4, 0.5) is 11.4 Å². The van der Waals surface area contributed by atoms with Crippen LogP contribution in [0.1, 0.15) is 42.6 Å². The normalized spacial score (nSPS) is 13.4. The maximum Gasteiger partial charge on any atom is 0.256 e. The minimum atomic E-state index is -0.0821. The summed E-state index contributed by atoms with van der Waals surface area (Å²) in [6.07, 6.45) is 2.61. The van der Waals surface area contributed by atoms with Gasteiger partial charge in [0.05, 0.1) is 12.0 Å². The highest BCUT2D eigenvalue weighted by Gasteiger charge is 2.23. The van der Waals surface area contributed by atoms with Crippen LogP contribution in [0, 0.1) is 0 Å². The van der Waals surface area contributed by atoms with E-state index in [-0.39, 0.29) is 11.8 Å². The first-order valence-corrected chi connectivity index (χ1v) is 10.1. The molecule has 2 aromatic carbocycles. The molecule has 1 N–H and O–H groups in total. The number of nitrogens with zero attached hydrogens (tertiary/aromatic N) is 2. The van der Waals surface area contributed by atoms with Crippen molar-refractivity contribution in [2.24, 2.45) is 0 Å². The zero-order valence-corrected chi connectivity index (χ0v) is 16.8. The second kappa shape index (κ2) is 9.40. The maximum atomic E-state index is 13.1. The number of hydrogen-bond acceptors (Lipinski definition) is 3. The third-order valence-corrected chi connectivity index (χ3v) is 5.22. The Bertz CT molecular complexity index is 810. The van der Waals surface area contributed by atoms with Crippen molar-refractivity contribution in [3.05, 3.63) is 59.7 Å². The summed E-state index contributed by atoms with van der Waals surface area (Å²) in [5, 5.41) is 2.95. The lowest BCUT2D eigenvalue weighted by atomic mass is 10.1. The van der Waals surface area contributed by atoms with Crippen LogP contribution in [0.25, 0.3) is 0 Å². The van der Waals surface area contributed by atoms with Gasteiger partial charge in [-0.25, -0.2) is 0 Å². The molecule has 0 bridgehead atoms. The zero-order chi connectivity index (χ0) is 19.9. The first kappa shape index (κ1) is 19.9. The van der Waals surface area contributed by atoms with Gasteiger partial charge < -0.3 is 15.1 Å². The Balaban J connectivity index is 1.83. The summed E-state index contributed by atoms with van der Waals surface area (Å²) in [6, 6.07) is 15.4. The van der Waals surface area contributed by atoms with Crippen LogP contribution in [0.15, 0.2) is 48.5 Å². The van der Waals surface area contributed by atoms with Gasteiger partial charge in [-0.05, 0) is 50.5 Å². The minimum absolute atomic E-state index is 0.0195. The monoisotopic (exact) mass is 379 g/mol. The Morgan fingerprint density at radius 2 is 1.68 bits per heavy atom. The number of benzene rings is 2. The summed E-state index contributed by atoms with van der Waals surface area (Å²) < 4.78 is 0. The Morgan fingerprint density at radius 1 is 1.00 bits per heavy atom. The molecule has 1 aliphatic rings. The average Bonchev–Trinajstić information content (AvgIpc) is 3.24. The highest BCUT2D eigenvalue weighted by atomic mass is 16.2. The van der Waals surface area contributed by atoms with Crippen LogP contribution in [-0.4, -0.2) is 42.9 Å². The molecule has 148 valence electrons. The van der Waals surface area contributed by atoms with Crippen LogP contribution in [0.2, 0.25) is 0 Å². The number of hydrogen-bond donors (Lipinski definition) is 1. The molecule has 0 radical (unpaired) electrons. The van der Waals surface area contributed by atoms with Crippen molar-refractivity contribution in [1.29, 1.82) is 0 Å². The molecule has 1 aliphatic heterocycles. The summed E-state index contributed by atoms with van der Waals surface area (Å²) in [6.45, 7) is 7.25. The molecule has 5 nitrogen and oxygen atoms in total. The van der Waals surface area contributed by atoms with E-state index in [1.807, 2.05) is 67.3 Å². The van der Waals surface area contributed by atoms with E-state index in [9.17, 15) is 9.59 Å². The topological polar surface area (TPSA) is 52.7 Å². The molecule has 0 saturated carbocycles. The number of nitrogens with one attached hydrogen (secondary N) is 1. The Labute approximate surface area is 167 Å². The number of amides is 2. The van der Waals surface area contributed by atoms with Gasteiger partial charge in [-0.1, -0.05) is 30.3 Å². The number of carbonyl (C=O) groups excluding carboxylic acids is 2. The van der Waals surface area contributed by atoms with E-state index in [2.05, 4.69) is 10.2 Å². The van der Waals surface area contributed by atoms with E-state index in [1.54, 1.807) is 0 Å². The number of anilines is 2. The predicted octanol–water partition coefficient (Wildman–Crippen LogP) is 3.95. The molecular formula is C23H29N3O2. The first-order valence-electron chi connectivity index (χ1n) is 10.1. The van der Waals surface area contributed by atoms with Crippen molar-refractivity contribution in [1.82, 2.24) is 4.90 Å². The SMILES string of the molecule is CCN(CC)C(=O)c1cc(NC(=O)Cc2ccccc2)ccc1N1CCCC1. The van der Waals surface area contributed by atoms with E-state index in [4.69, 9.17) is 0 Å². The number of rotatable bonds is 7. The van der Waals surface area contributed by atoms with Gasteiger partial charge in [-0.3, -0.25) is 9.59 Å². The molecule has 2 amide bonds. The van der Waals surface area contributed by atoms with Gasteiger partial charge in [-0.2, -0.15) is 0 Å². The predicted molar refractivity (Wildman–Crippen MR) is 114 cm³/mol. The van der Waals surface area contributed by atoms with Crippen LogP contribution >= 0.6 is 0 Å². The largest absolute Gasteiger partial charge is 0.371 e. The molecule has 3 rings (SSSR count). The molecule has 0 aliphatic carbocycles. The van der Waals surface area contributed by atoms with Crippen LogP contribution in [-0.2, 0) is 11.2 Å². The fraction of sp³-hybridized carbons (Fsp3) is 0.391. The van der Waals surface area contributed by atoms with Gasteiger partial charge >= 0.3 is 0 Å². The second-order valence-electron chi connectivity index (χ2n) is 7.11. The molecule has 1 saturated heterocycles. The summed E-state index contributed by atoms with van der Waals surface area (Å²) in [7, 11) is 0.